The molecule has 0 atom stereocenters. The summed E-state index contributed by atoms with van der Waals surface area (Å²) in [6.45, 7) is 0. The molecule has 0 radical (unpaired) electrons. The number of para-hydroxylation sites is 3. The van der Waals surface area contributed by atoms with E-state index in [0.717, 1.165) is 77.2 Å². The number of fused-ring (bicyclic) bond motifs is 10. The normalized spacial score (nSPS) is 11.9. The number of furan rings is 1. The molecule has 0 bridgehead atoms. The molecule has 4 heterocycles. The third-order valence-electron chi connectivity index (χ3n) is 11.1. The minimum Gasteiger partial charge on any atom is -0.454 e. The topological polar surface area (TPSA) is 56.7 Å². The fraction of sp³-hybridized carbons (Fsp3) is 0. The highest BCUT2D eigenvalue weighted by atomic mass is 32.1. The van der Waals surface area contributed by atoms with Gasteiger partial charge >= 0.3 is 0 Å². The molecule has 0 amide bonds. The van der Waals surface area contributed by atoms with E-state index in [1.807, 2.05) is 30.3 Å². The van der Waals surface area contributed by atoms with Crippen molar-refractivity contribution in [3.05, 3.63) is 182 Å². The smallest absolute Gasteiger partial charge is 0.166 e. The van der Waals surface area contributed by atoms with Crippen LogP contribution < -0.4 is 0 Å². The highest BCUT2D eigenvalue weighted by Gasteiger charge is 2.23. The van der Waals surface area contributed by atoms with Gasteiger partial charge in [0.2, 0.25) is 0 Å². The number of nitrogens with zero attached hydrogens (tertiary/aromatic N) is 4. The van der Waals surface area contributed by atoms with Gasteiger partial charge < -0.3 is 8.98 Å². The predicted octanol–water partition coefficient (Wildman–Crippen LogP) is 13.9. The van der Waals surface area contributed by atoms with Crippen molar-refractivity contribution in [2.45, 2.75) is 0 Å². The first-order valence-electron chi connectivity index (χ1n) is 19.0. The molecule has 12 rings (SSSR count). The summed E-state index contributed by atoms with van der Waals surface area (Å²) < 4.78 is 11.5. The van der Waals surface area contributed by atoms with Gasteiger partial charge in [0.05, 0.1) is 16.7 Å². The lowest BCUT2D eigenvalue weighted by molar-refractivity contribution is 0.671. The molecule has 266 valence electrons. The van der Waals surface area contributed by atoms with Crippen LogP contribution in [-0.2, 0) is 0 Å². The molecule has 8 aromatic carbocycles. The molecule has 5 nitrogen and oxygen atoms in total. The van der Waals surface area contributed by atoms with E-state index in [2.05, 4.69) is 156 Å². The van der Waals surface area contributed by atoms with Crippen molar-refractivity contribution < 1.29 is 4.42 Å². The Morgan fingerprint density at radius 2 is 1.05 bits per heavy atom. The van der Waals surface area contributed by atoms with E-state index in [-0.39, 0.29) is 0 Å². The van der Waals surface area contributed by atoms with Gasteiger partial charge in [0, 0.05) is 58.4 Å². The molecule has 6 heteroatoms. The van der Waals surface area contributed by atoms with E-state index in [4.69, 9.17) is 19.4 Å². The Morgan fingerprint density at radius 3 is 1.89 bits per heavy atom. The molecule has 0 spiro atoms. The molecule has 57 heavy (non-hydrogen) atoms. The molecule has 0 saturated carbocycles. The van der Waals surface area contributed by atoms with Gasteiger partial charge in [-0.25, -0.2) is 15.0 Å². The molecule has 0 aliphatic carbocycles. The lowest BCUT2D eigenvalue weighted by Crippen LogP contribution is -2.03. The van der Waals surface area contributed by atoms with Crippen molar-refractivity contribution in [2.24, 2.45) is 0 Å². The molecule has 0 unspecified atom stereocenters. The number of rotatable bonds is 5. The van der Waals surface area contributed by atoms with Crippen LogP contribution >= 0.6 is 11.3 Å². The first-order chi connectivity index (χ1) is 28.3. The third-order valence-corrected chi connectivity index (χ3v) is 12.2. The van der Waals surface area contributed by atoms with Gasteiger partial charge in [-0.15, -0.1) is 11.3 Å². The monoisotopic (exact) mass is 746 g/mol. The number of hydrogen-bond donors (Lipinski definition) is 0. The quantitative estimate of drug-likeness (QED) is 0.176. The van der Waals surface area contributed by atoms with Crippen molar-refractivity contribution in [1.82, 2.24) is 19.5 Å². The third kappa shape index (κ3) is 4.98. The van der Waals surface area contributed by atoms with Crippen LogP contribution in [0.15, 0.2) is 186 Å². The predicted molar refractivity (Wildman–Crippen MR) is 236 cm³/mol. The van der Waals surface area contributed by atoms with Crippen LogP contribution in [0.2, 0.25) is 0 Å². The first kappa shape index (κ1) is 31.9. The highest BCUT2D eigenvalue weighted by Crippen LogP contribution is 2.44. The summed E-state index contributed by atoms with van der Waals surface area (Å²) in [5.74, 6) is 1.83. The standard InChI is InChI=1S/C51H30N4OS/c1-3-15-31(16-4-1)40-29-33(30-45-46(40)39-22-10-14-26-44(39)57-45)50-52-49(32-17-5-2-6-18-32)53-51(54-50)38-21-8-12-24-42(38)55-41-23-11-7-19-34(41)36-27-28-37-35-20-9-13-25-43(35)56-48(37)47(36)55/h1-30H. The summed E-state index contributed by atoms with van der Waals surface area (Å²) in [6.07, 6.45) is 0. The van der Waals surface area contributed by atoms with Crippen molar-refractivity contribution >= 4 is 75.3 Å². The maximum absolute atomic E-state index is 6.70. The molecular weight excluding hydrogens is 717 g/mol. The van der Waals surface area contributed by atoms with E-state index in [9.17, 15) is 0 Å². The number of benzene rings is 8. The minimum atomic E-state index is 0.592. The number of hydrogen-bond acceptors (Lipinski definition) is 5. The Kier molecular flexibility index (Phi) is 7.03. The summed E-state index contributed by atoms with van der Waals surface area (Å²) in [4.78, 5) is 15.8. The molecule has 0 N–H and O–H groups in total. The van der Waals surface area contributed by atoms with E-state index in [1.54, 1.807) is 11.3 Å². The SMILES string of the molecule is c1ccc(-c2nc(-c3cc(-c4ccccc4)c4c(c3)sc3ccccc34)nc(-c3ccccc3-n3c4ccccc4c4ccc5c6ccccc6oc5c43)n2)cc1. The van der Waals surface area contributed by atoms with Gasteiger partial charge in [0.1, 0.15) is 5.58 Å². The van der Waals surface area contributed by atoms with Crippen LogP contribution in [0.1, 0.15) is 0 Å². The molecule has 0 fully saturated rings. The summed E-state index contributed by atoms with van der Waals surface area (Å²) >= 11 is 1.80. The largest absolute Gasteiger partial charge is 0.454 e. The second-order valence-electron chi connectivity index (χ2n) is 14.3. The second kappa shape index (κ2) is 12.6. The Morgan fingerprint density at radius 1 is 0.421 bits per heavy atom. The van der Waals surface area contributed by atoms with Gasteiger partial charge in [-0.3, -0.25) is 0 Å². The zero-order valence-electron chi connectivity index (χ0n) is 30.4. The van der Waals surface area contributed by atoms with Gasteiger partial charge in [-0.05, 0) is 59.7 Å². The van der Waals surface area contributed by atoms with Gasteiger partial charge in [-0.2, -0.15) is 0 Å². The van der Waals surface area contributed by atoms with Crippen LogP contribution in [-0.4, -0.2) is 19.5 Å². The zero-order chi connectivity index (χ0) is 37.5. The Labute approximate surface area is 330 Å². The van der Waals surface area contributed by atoms with Crippen LogP contribution in [0.5, 0.6) is 0 Å². The molecule has 0 aliphatic rings. The van der Waals surface area contributed by atoms with Crippen LogP contribution in [0.4, 0.5) is 0 Å². The van der Waals surface area contributed by atoms with E-state index in [0.29, 0.717) is 17.5 Å². The lowest BCUT2D eigenvalue weighted by Gasteiger charge is -2.15. The van der Waals surface area contributed by atoms with Crippen molar-refractivity contribution in [1.29, 1.82) is 0 Å². The number of thiophene rings is 1. The van der Waals surface area contributed by atoms with E-state index < -0.39 is 0 Å². The Balaban J connectivity index is 1.14. The number of aromatic nitrogens is 4. The van der Waals surface area contributed by atoms with E-state index >= 15 is 0 Å². The summed E-state index contributed by atoms with van der Waals surface area (Å²) in [5.41, 5.74) is 9.82. The summed E-state index contributed by atoms with van der Waals surface area (Å²) in [6, 6.07) is 63.6. The maximum Gasteiger partial charge on any atom is 0.166 e. The Hall–Kier alpha value is -7.41. The van der Waals surface area contributed by atoms with Crippen LogP contribution in [0.3, 0.4) is 0 Å². The molecule has 12 aromatic rings. The van der Waals surface area contributed by atoms with Crippen molar-refractivity contribution in [3.63, 3.8) is 0 Å². The van der Waals surface area contributed by atoms with Crippen molar-refractivity contribution in [3.8, 4) is 51.0 Å². The molecular formula is C51H30N4OS. The summed E-state index contributed by atoms with van der Waals surface area (Å²) in [7, 11) is 0. The highest BCUT2D eigenvalue weighted by molar-refractivity contribution is 7.26. The van der Waals surface area contributed by atoms with Crippen LogP contribution in [0.25, 0.3) is 115 Å². The Bertz CT molecular complexity index is 3530. The average Bonchev–Trinajstić information content (AvgIpc) is 3.96. The minimum absolute atomic E-state index is 0.592. The maximum atomic E-state index is 6.70. The van der Waals surface area contributed by atoms with Crippen LogP contribution in [0, 0.1) is 0 Å². The molecule has 0 saturated heterocycles. The van der Waals surface area contributed by atoms with Gasteiger partial charge in [-0.1, -0.05) is 133 Å². The first-order valence-corrected chi connectivity index (χ1v) is 19.8. The summed E-state index contributed by atoms with van der Waals surface area (Å²) in [5, 5.41) is 6.95. The second-order valence-corrected chi connectivity index (χ2v) is 15.4. The average molecular weight is 747 g/mol. The fourth-order valence-electron chi connectivity index (χ4n) is 8.51. The zero-order valence-corrected chi connectivity index (χ0v) is 31.2. The molecule has 0 aliphatic heterocycles. The fourth-order valence-corrected chi connectivity index (χ4v) is 9.68. The van der Waals surface area contributed by atoms with Crippen molar-refractivity contribution in [2.75, 3.05) is 0 Å². The van der Waals surface area contributed by atoms with Gasteiger partial charge in [0.15, 0.2) is 23.1 Å². The van der Waals surface area contributed by atoms with Gasteiger partial charge in [0.25, 0.3) is 0 Å². The van der Waals surface area contributed by atoms with E-state index in [1.165, 1.54) is 20.2 Å². The molecule has 4 aromatic heterocycles. The lowest BCUT2D eigenvalue weighted by atomic mass is 9.97.